The average molecular weight is 287 g/mol. The van der Waals surface area contributed by atoms with Crippen LogP contribution in [0, 0.1) is 16.4 Å². The van der Waals surface area contributed by atoms with E-state index in [2.05, 4.69) is 4.98 Å². The molecule has 0 bridgehead atoms. The third kappa shape index (κ3) is 1.69. The summed E-state index contributed by atoms with van der Waals surface area (Å²) >= 11 is 10.8. The summed E-state index contributed by atoms with van der Waals surface area (Å²) in [5.41, 5.74) is 1.02. The van der Waals surface area contributed by atoms with Gasteiger partial charge in [-0.2, -0.15) is 0 Å². The Morgan fingerprint density at radius 1 is 1.39 bits per heavy atom. The Kier molecular flexibility index (Phi) is 2.75. The Hall–Kier alpha value is -1.20. The van der Waals surface area contributed by atoms with E-state index in [1.807, 2.05) is 4.57 Å². The Morgan fingerprint density at radius 2 is 2.17 bits per heavy atom. The second-order valence-corrected chi connectivity index (χ2v) is 5.15. The van der Waals surface area contributed by atoms with Gasteiger partial charge in [0, 0.05) is 29.9 Å². The Labute approximate surface area is 112 Å². The van der Waals surface area contributed by atoms with Crippen molar-refractivity contribution >= 4 is 23.8 Å². The molecule has 0 saturated carbocycles. The molecule has 0 radical (unpaired) electrons. The first-order valence-electron chi connectivity index (χ1n) is 5.48. The first kappa shape index (κ1) is 11.9. The summed E-state index contributed by atoms with van der Waals surface area (Å²) in [4.78, 5) is 2.92. The minimum absolute atomic E-state index is 0.0480. The van der Waals surface area contributed by atoms with E-state index in [4.69, 9.17) is 23.8 Å². The van der Waals surface area contributed by atoms with E-state index in [1.165, 1.54) is 12.1 Å². The first-order valence-corrected chi connectivity index (χ1v) is 6.27. The van der Waals surface area contributed by atoms with Gasteiger partial charge in [0.15, 0.2) is 4.77 Å². The number of halogens is 3. The molecule has 6 heteroatoms. The fourth-order valence-corrected chi connectivity index (χ4v) is 2.86. The highest BCUT2D eigenvalue weighted by Gasteiger charge is 2.29. The molecule has 1 aromatic carbocycles. The van der Waals surface area contributed by atoms with Crippen LogP contribution in [0.1, 0.15) is 17.2 Å². The molecule has 0 spiro atoms. The first-order chi connectivity index (χ1) is 8.58. The van der Waals surface area contributed by atoms with Gasteiger partial charge in [-0.1, -0.05) is 11.6 Å². The van der Waals surface area contributed by atoms with E-state index in [0.717, 1.165) is 5.69 Å². The van der Waals surface area contributed by atoms with Gasteiger partial charge in [0.2, 0.25) is 0 Å². The van der Waals surface area contributed by atoms with Crippen LogP contribution in [0.25, 0.3) is 0 Å². The second-order valence-electron chi connectivity index (χ2n) is 4.35. The highest BCUT2D eigenvalue weighted by Crippen LogP contribution is 2.34. The van der Waals surface area contributed by atoms with E-state index >= 15 is 0 Å². The molecule has 0 aliphatic carbocycles. The molecule has 94 valence electrons. The van der Waals surface area contributed by atoms with Crippen molar-refractivity contribution in [3.8, 4) is 0 Å². The minimum Gasteiger partial charge on any atom is -0.337 e. The van der Waals surface area contributed by atoms with Crippen LogP contribution in [0.5, 0.6) is 0 Å². The van der Waals surface area contributed by atoms with Gasteiger partial charge in [-0.25, -0.2) is 8.78 Å². The molecular formula is C12H9ClF2N2S. The highest BCUT2D eigenvalue weighted by atomic mass is 35.5. The van der Waals surface area contributed by atoms with Crippen LogP contribution in [0.4, 0.5) is 8.78 Å². The van der Waals surface area contributed by atoms with Crippen LogP contribution in [-0.2, 0) is 13.0 Å². The lowest BCUT2D eigenvalue weighted by molar-refractivity contribution is 0.513. The smallest absolute Gasteiger partial charge is 0.177 e. The quantitative estimate of drug-likeness (QED) is 0.624. The van der Waals surface area contributed by atoms with Crippen molar-refractivity contribution in [3.05, 3.63) is 51.0 Å². The van der Waals surface area contributed by atoms with E-state index in [0.29, 0.717) is 17.7 Å². The van der Waals surface area contributed by atoms with Gasteiger partial charge in [-0.05, 0) is 30.8 Å². The van der Waals surface area contributed by atoms with Crippen molar-refractivity contribution in [3.63, 3.8) is 0 Å². The Morgan fingerprint density at radius 3 is 2.89 bits per heavy atom. The molecule has 1 atom stereocenters. The summed E-state index contributed by atoms with van der Waals surface area (Å²) in [6, 6.07) is 2.44. The zero-order valence-corrected chi connectivity index (χ0v) is 10.8. The number of nitrogens with zero attached hydrogens (tertiary/aromatic N) is 1. The number of aromatic amines is 1. The van der Waals surface area contributed by atoms with Crippen molar-refractivity contribution in [2.24, 2.45) is 0 Å². The van der Waals surface area contributed by atoms with Gasteiger partial charge < -0.3 is 9.55 Å². The number of rotatable bonds is 1. The molecule has 0 amide bonds. The summed E-state index contributed by atoms with van der Waals surface area (Å²) in [6.45, 7) is 0.478. The van der Waals surface area contributed by atoms with E-state index < -0.39 is 11.6 Å². The standard InChI is InChI=1S/C12H9ClF2N2S/c13-8-1-2-9(14)10(11(8)15)6-3-7-4-16-12(18)17(7)5-6/h1-2,4,6H,3,5H2,(H,16,18)/t6-/m1/s1. The number of imidazole rings is 1. The SMILES string of the molecule is Fc1ccc(Cl)c(F)c1[C@@H]1Cc2c[nH]c(=S)n2C1. The molecule has 0 fully saturated rings. The normalized spacial score (nSPS) is 18.1. The van der Waals surface area contributed by atoms with E-state index in [9.17, 15) is 8.78 Å². The summed E-state index contributed by atoms with van der Waals surface area (Å²) in [5, 5.41) is -0.0480. The maximum absolute atomic E-state index is 13.9. The fraction of sp³-hybridized carbons (Fsp3) is 0.250. The number of aromatic nitrogens is 2. The summed E-state index contributed by atoms with van der Waals surface area (Å²) in [6.07, 6.45) is 2.34. The Bertz CT molecular complexity index is 677. The molecule has 1 aliphatic rings. The number of nitrogens with one attached hydrogen (secondary N) is 1. The molecule has 1 aromatic heterocycles. The molecule has 1 N–H and O–H groups in total. The van der Waals surface area contributed by atoms with Crippen LogP contribution >= 0.6 is 23.8 Å². The summed E-state index contributed by atoms with van der Waals surface area (Å²) in [7, 11) is 0. The second kappa shape index (κ2) is 4.17. The maximum atomic E-state index is 13.9. The zero-order valence-electron chi connectivity index (χ0n) is 9.21. The van der Waals surface area contributed by atoms with Crippen LogP contribution in [0.2, 0.25) is 5.02 Å². The topological polar surface area (TPSA) is 20.7 Å². The van der Waals surface area contributed by atoms with Gasteiger partial charge in [0.05, 0.1) is 5.02 Å². The van der Waals surface area contributed by atoms with Crippen LogP contribution in [-0.4, -0.2) is 9.55 Å². The van der Waals surface area contributed by atoms with Gasteiger partial charge in [0.1, 0.15) is 11.6 Å². The van der Waals surface area contributed by atoms with Crippen molar-refractivity contribution in [2.75, 3.05) is 0 Å². The number of fused-ring (bicyclic) bond motifs is 1. The lowest BCUT2D eigenvalue weighted by atomic mass is 9.96. The third-order valence-corrected chi connectivity index (χ3v) is 3.93. The Balaban J connectivity index is 2.05. The number of H-pyrrole nitrogens is 1. The van der Waals surface area contributed by atoms with E-state index in [-0.39, 0.29) is 16.5 Å². The van der Waals surface area contributed by atoms with Crippen molar-refractivity contribution in [1.82, 2.24) is 9.55 Å². The monoisotopic (exact) mass is 286 g/mol. The summed E-state index contributed by atoms with van der Waals surface area (Å²) < 4.78 is 30.1. The number of benzene rings is 1. The fourth-order valence-electron chi connectivity index (χ4n) is 2.45. The molecular weight excluding hydrogens is 278 g/mol. The predicted molar refractivity (Wildman–Crippen MR) is 67.4 cm³/mol. The average Bonchev–Trinajstić information content (AvgIpc) is 2.88. The maximum Gasteiger partial charge on any atom is 0.177 e. The van der Waals surface area contributed by atoms with Crippen LogP contribution < -0.4 is 0 Å². The predicted octanol–water partition coefficient (Wildman–Crippen LogP) is 3.82. The molecule has 0 unspecified atom stereocenters. The molecule has 1 aliphatic heterocycles. The number of hydrogen-bond donors (Lipinski definition) is 1. The van der Waals surface area contributed by atoms with Gasteiger partial charge in [-0.3, -0.25) is 0 Å². The van der Waals surface area contributed by atoms with Gasteiger partial charge in [-0.15, -0.1) is 0 Å². The van der Waals surface area contributed by atoms with Gasteiger partial charge in [0.25, 0.3) is 0 Å². The van der Waals surface area contributed by atoms with Gasteiger partial charge >= 0.3 is 0 Å². The zero-order chi connectivity index (χ0) is 12.9. The lowest BCUT2D eigenvalue weighted by Gasteiger charge is -2.12. The lowest BCUT2D eigenvalue weighted by Crippen LogP contribution is -2.07. The van der Waals surface area contributed by atoms with Crippen molar-refractivity contribution in [1.29, 1.82) is 0 Å². The van der Waals surface area contributed by atoms with Crippen molar-refractivity contribution in [2.45, 2.75) is 18.9 Å². The molecule has 0 saturated heterocycles. The largest absolute Gasteiger partial charge is 0.337 e. The minimum atomic E-state index is -0.665. The van der Waals surface area contributed by atoms with Crippen molar-refractivity contribution < 1.29 is 8.78 Å². The van der Waals surface area contributed by atoms with E-state index in [1.54, 1.807) is 6.20 Å². The molecule has 18 heavy (non-hydrogen) atoms. The molecule has 2 heterocycles. The molecule has 3 rings (SSSR count). The number of hydrogen-bond acceptors (Lipinski definition) is 1. The highest BCUT2D eigenvalue weighted by molar-refractivity contribution is 7.71. The third-order valence-electron chi connectivity index (χ3n) is 3.30. The molecule has 2 nitrogen and oxygen atoms in total. The van der Waals surface area contributed by atoms with Crippen LogP contribution in [0.15, 0.2) is 18.3 Å². The van der Waals surface area contributed by atoms with Crippen LogP contribution in [0.3, 0.4) is 0 Å². The summed E-state index contributed by atoms with van der Waals surface area (Å²) in [5.74, 6) is -1.47. The molecule has 2 aromatic rings.